The van der Waals surface area contributed by atoms with Gasteiger partial charge in [-0.2, -0.15) is 0 Å². The van der Waals surface area contributed by atoms with Gasteiger partial charge in [-0.15, -0.1) is 69.6 Å². The molecule has 0 saturated carbocycles. The van der Waals surface area contributed by atoms with Crippen molar-refractivity contribution in [1.29, 1.82) is 0 Å². The maximum absolute atomic E-state index is 6.49. The molecule has 0 spiro atoms. The summed E-state index contributed by atoms with van der Waals surface area (Å²) in [6.07, 6.45) is -0.212. The SMILES string of the molecule is CN(CCCl)C(CCl)C1COC(C)(C(C(Cl)C(Cl)Cl)N(C)CCCl)O1. The fourth-order valence-electron chi connectivity index (χ4n) is 3.10. The van der Waals surface area contributed by atoms with E-state index >= 15 is 0 Å². The normalized spacial score (nSPS) is 28.1. The van der Waals surface area contributed by atoms with Gasteiger partial charge in [0.15, 0.2) is 5.79 Å². The first-order valence-corrected chi connectivity index (χ1v) is 11.0. The molecule has 1 fully saturated rings. The second kappa shape index (κ2) is 11.5. The lowest BCUT2D eigenvalue weighted by molar-refractivity contribution is -0.199. The van der Waals surface area contributed by atoms with E-state index in [0.29, 0.717) is 37.3 Å². The van der Waals surface area contributed by atoms with E-state index in [9.17, 15) is 0 Å². The number of likely N-dealkylation sites (N-methyl/N-ethyl adjacent to an activating group) is 2. The molecule has 0 aromatic carbocycles. The Morgan fingerprint density at radius 1 is 1.04 bits per heavy atom. The lowest BCUT2D eigenvalue weighted by Crippen LogP contribution is -2.58. The second-order valence-corrected chi connectivity index (χ2v) is 9.00. The molecule has 0 aromatic rings. The Labute approximate surface area is 180 Å². The van der Waals surface area contributed by atoms with Crippen molar-refractivity contribution in [2.75, 3.05) is 51.4 Å². The van der Waals surface area contributed by atoms with Crippen LogP contribution in [0.25, 0.3) is 0 Å². The van der Waals surface area contributed by atoms with Crippen LogP contribution in [-0.4, -0.2) is 95.4 Å². The van der Waals surface area contributed by atoms with Crippen LogP contribution in [0.2, 0.25) is 0 Å². The maximum Gasteiger partial charge on any atom is 0.183 e. The Morgan fingerprint density at radius 3 is 2.08 bits per heavy atom. The smallest absolute Gasteiger partial charge is 0.183 e. The highest BCUT2D eigenvalue weighted by molar-refractivity contribution is 6.48. The van der Waals surface area contributed by atoms with Crippen LogP contribution in [0.15, 0.2) is 0 Å². The number of hydrogen-bond acceptors (Lipinski definition) is 4. The van der Waals surface area contributed by atoms with Gasteiger partial charge >= 0.3 is 0 Å². The lowest BCUT2D eigenvalue weighted by Gasteiger charge is -2.42. The van der Waals surface area contributed by atoms with E-state index in [0.717, 1.165) is 0 Å². The number of alkyl halides is 6. The molecule has 0 N–H and O–H groups in total. The number of rotatable bonds is 11. The zero-order valence-corrected chi connectivity index (χ0v) is 19.1. The van der Waals surface area contributed by atoms with Crippen LogP contribution in [0.4, 0.5) is 0 Å². The van der Waals surface area contributed by atoms with Gasteiger partial charge in [0.25, 0.3) is 0 Å². The molecule has 4 nitrogen and oxygen atoms in total. The van der Waals surface area contributed by atoms with Crippen molar-refractivity contribution in [1.82, 2.24) is 9.80 Å². The average molecular weight is 479 g/mol. The van der Waals surface area contributed by atoms with Gasteiger partial charge < -0.3 is 9.47 Å². The van der Waals surface area contributed by atoms with Crippen LogP contribution < -0.4 is 0 Å². The summed E-state index contributed by atoms with van der Waals surface area (Å²) in [4.78, 5) is 3.25. The van der Waals surface area contributed by atoms with E-state index in [1.807, 2.05) is 25.9 Å². The number of hydrogen-bond donors (Lipinski definition) is 0. The van der Waals surface area contributed by atoms with E-state index in [2.05, 4.69) is 4.90 Å². The summed E-state index contributed by atoms with van der Waals surface area (Å²) < 4.78 is 12.3. The van der Waals surface area contributed by atoms with Crippen molar-refractivity contribution >= 4 is 69.6 Å². The molecular formula is C15H26Cl6N2O2. The molecular weight excluding hydrogens is 453 g/mol. The fraction of sp³-hybridized carbons (Fsp3) is 1.00. The molecule has 10 heteroatoms. The summed E-state index contributed by atoms with van der Waals surface area (Å²) in [5, 5.41) is -0.602. The van der Waals surface area contributed by atoms with Crippen molar-refractivity contribution in [2.24, 2.45) is 0 Å². The van der Waals surface area contributed by atoms with Crippen LogP contribution in [0, 0.1) is 0 Å². The Hall–Kier alpha value is 1.58. The number of ether oxygens (including phenoxy) is 2. The summed E-state index contributed by atoms with van der Waals surface area (Å²) in [5.41, 5.74) is 0. The van der Waals surface area contributed by atoms with Crippen LogP contribution in [0.3, 0.4) is 0 Å². The largest absolute Gasteiger partial charge is 0.346 e. The number of halogens is 6. The van der Waals surface area contributed by atoms with E-state index in [1.165, 1.54) is 0 Å². The minimum Gasteiger partial charge on any atom is -0.346 e. The van der Waals surface area contributed by atoms with Crippen LogP contribution in [0.1, 0.15) is 6.92 Å². The predicted molar refractivity (Wildman–Crippen MR) is 109 cm³/mol. The molecule has 0 amide bonds. The molecule has 1 aliphatic rings. The van der Waals surface area contributed by atoms with E-state index < -0.39 is 16.0 Å². The molecule has 1 rings (SSSR count). The zero-order valence-electron chi connectivity index (χ0n) is 14.6. The minimum atomic E-state index is -0.980. The van der Waals surface area contributed by atoms with Crippen molar-refractivity contribution in [2.45, 2.75) is 41.1 Å². The summed E-state index contributed by atoms with van der Waals surface area (Å²) in [7, 11) is 3.85. The van der Waals surface area contributed by atoms with Crippen LogP contribution in [-0.2, 0) is 9.47 Å². The summed E-state index contributed by atoms with van der Waals surface area (Å²) in [6.45, 7) is 3.54. The first kappa shape index (κ1) is 24.6. The van der Waals surface area contributed by atoms with Crippen molar-refractivity contribution in [3.05, 3.63) is 0 Å². The third-order valence-electron chi connectivity index (χ3n) is 4.50. The topological polar surface area (TPSA) is 24.9 Å². The second-order valence-electron chi connectivity index (χ2n) is 6.27. The summed E-state index contributed by atoms with van der Waals surface area (Å²) in [6, 6.07) is -0.412. The first-order valence-electron chi connectivity index (χ1n) is 8.04. The van der Waals surface area contributed by atoms with Gasteiger partial charge in [-0.25, -0.2) is 0 Å². The van der Waals surface area contributed by atoms with Gasteiger partial charge in [-0.3, -0.25) is 9.80 Å². The van der Waals surface area contributed by atoms with Crippen LogP contribution in [0.5, 0.6) is 0 Å². The van der Waals surface area contributed by atoms with Gasteiger partial charge in [0.1, 0.15) is 10.9 Å². The standard InChI is InChI=1S/C15H26Cl6N2O2/c1-15(13(12(19)14(20)21)23(3)7-5-17)24-9-11(25-15)10(8-18)22(2)6-4-16/h10-14H,4-9H2,1-3H3. The molecule has 5 atom stereocenters. The van der Waals surface area contributed by atoms with Crippen molar-refractivity contribution in [3.63, 3.8) is 0 Å². The molecule has 0 bridgehead atoms. The van der Waals surface area contributed by atoms with E-state index in [-0.39, 0.29) is 18.2 Å². The molecule has 25 heavy (non-hydrogen) atoms. The monoisotopic (exact) mass is 476 g/mol. The predicted octanol–water partition coefficient (Wildman–Crippen LogP) is 3.85. The summed E-state index contributed by atoms with van der Waals surface area (Å²) >= 11 is 36.5. The minimum absolute atomic E-state index is 0.0298. The van der Waals surface area contributed by atoms with Gasteiger partial charge in [0.05, 0.1) is 24.1 Å². The highest BCUT2D eigenvalue weighted by Crippen LogP contribution is 2.37. The number of nitrogens with zero attached hydrogens (tertiary/aromatic N) is 2. The molecule has 5 unspecified atom stereocenters. The third-order valence-corrected chi connectivity index (χ3v) is 6.45. The van der Waals surface area contributed by atoms with Crippen molar-refractivity contribution < 1.29 is 9.47 Å². The Kier molecular flexibility index (Phi) is 11.4. The zero-order chi connectivity index (χ0) is 19.2. The Bertz CT molecular complexity index is 395. The highest BCUT2D eigenvalue weighted by atomic mass is 35.5. The Morgan fingerprint density at radius 2 is 1.60 bits per heavy atom. The lowest BCUT2D eigenvalue weighted by atomic mass is 10.0. The molecule has 1 aliphatic heterocycles. The highest BCUT2D eigenvalue weighted by Gasteiger charge is 2.51. The molecule has 1 saturated heterocycles. The van der Waals surface area contributed by atoms with Gasteiger partial charge in [0, 0.05) is 30.7 Å². The van der Waals surface area contributed by atoms with Gasteiger partial charge in [-0.1, -0.05) is 0 Å². The average Bonchev–Trinajstić information content (AvgIpc) is 2.91. The van der Waals surface area contributed by atoms with Crippen LogP contribution >= 0.6 is 69.6 Å². The maximum atomic E-state index is 6.49. The quantitative estimate of drug-likeness (QED) is 0.421. The van der Waals surface area contributed by atoms with Gasteiger partial charge in [-0.05, 0) is 21.0 Å². The molecule has 150 valence electrons. The molecule has 1 heterocycles. The summed E-state index contributed by atoms with van der Waals surface area (Å²) in [5.74, 6) is 0.373. The van der Waals surface area contributed by atoms with E-state index in [4.69, 9.17) is 79.1 Å². The fourth-order valence-corrected chi connectivity index (χ4v) is 4.77. The molecule has 0 radical (unpaired) electrons. The van der Waals surface area contributed by atoms with E-state index in [1.54, 1.807) is 0 Å². The third kappa shape index (κ3) is 6.56. The first-order chi connectivity index (χ1) is 11.7. The molecule has 0 aromatic heterocycles. The Balaban J connectivity index is 2.96. The molecule has 0 aliphatic carbocycles. The van der Waals surface area contributed by atoms with Gasteiger partial charge in [0.2, 0.25) is 0 Å². The van der Waals surface area contributed by atoms with Crippen molar-refractivity contribution in [3.8, 4) is 0 Å².